The zero-order chi connectivity index (χ0) is 21.0. The summed E-state index contributed by atoms with van der Waals surface area (Å²) in [7, 11) is 3.12. The lowest BCUT2D eigenvalue weighted by atomic mass is 10.1. The third kappa shape index (κ3) is 4.83. The zero-order valence-corrected chi connectivity index (χ0v) is 16.4. The Balaban J connectivity index is 1.91. The molecule has 1 atom stereocenters. The number of aryl methyl sites for hydroxylation is 1. The van der Waals surface area contributed by atoms with Crippen LogP contribution in [0.25, 0.3) is 0 Å². The van der Waals surface area contributed by atoms with Gasteiger partial charge < -0.3 is 19.4 Å². The van der Waals surface area contributed by atoms with Gasteiger partial charge in [-0.1, -0.05) is 23.7 Å². The van der Waals surface area contributed by atoms with Crippen molar-refractivity contribution in [1.82, 2.24) is 14.9 Å². The van der Waals surface area contributed by atoms with Gasteiger partial charge in [-0.25, -0.2) is 4.98 Å². The molecule has 0 aliphatic rings. The Morgan fingerprint density at radius 1 is 1.17 bits per heavy atom. The molecule has 0 fully saturated rings. The maximum absolute atomic E-state index is 12.9. The molecule has 0 bridgehead atoms. The number of carbonyl (C=O) groups is 1. The monoisotopic (exact) mass is 421 g/mol. The number of nitrogens with one attached hydrogen (secondary N) is 1. The smallest absolute Gasteiger partial charge is 0.387 e. The predicted octanol–water partition coefficient (Wildman–Crippen LogP) is 4.20. The summed E-state index contributed by atoms with van der Waals surface area (Å²) in [5, 5.41) is 3.48. The fourth-order valence-electron chi connectivity index (χ4n) is 2.82. The number of methoxy groups -OCH3 is 1. The normalized spacial score (nSPS) is 11.9. The van der Waals surface area contributed by atoms with Crippen LogP contribution in [0.2, 0.25) is 5.02 Å². The number of imidazole rings is 1. The number of hydrogen-bond acceptors (Lipinski definition) is 4. The number of benzene rings is 2. The van der Waals surface area contributed by atoms with Crippen LogP contribution in [0.4, 0.5) is 8.78 Å². The molecule has 1 aromatic heterocycles. The van der Waals surface area contributed by atoms with Crippen LogP contribution < -0.4 is 14.8 Å². The average Bonchev–Trinajstić information content (AvgIpc) is 3.12. The zero-order valence-electron chi connectivity index (χ0n) is 15.6. The topological polar surface area (TPSA) is 65.4 Å². The SMILES string of the molecule is COc1cc(C(=O)NC(c2ccc(Cl)cc2)c2nccn2C)ccc1OC(F)F. The first-order valence-corrected chi connectivity index (χ1v) is 8.93. The van der Waals surface area contributed by atoms with Crippen LogP contribution in [0.15, 0.2) is 54.9 Å². The Labute approximate surface area is 171 Å². The molecular weight excluding hydrogens is 404 g/mol. The van der Waals surface area contributed by atoms with Crippen LogP contribution in [-0.4, -0.2) is 29.2 Å². The minimum atomic E-state index is -3.00. The molecule has 152 valence electrons. The quantitative estimate of drug-likeness (QED) is 0.621. The van der Waals surface area contributed by atoms with E-state index in [1.54, 1.807) is 41.2 Å². The van der Waals surface area contributed by atoms with Crippen molar-refractivity contribution < 1.29 is 23.0 Å². The third-order valence-electron chi connectivity index (χ3n) is 4.24. The van der Waals surface area contributed by atoms with Gasteiger partial charge >= 0.3 is 6.61 Å². The van der Waals surface area contributed by atoms with Gasteiger partial charge in [-0.15, -0.1) is 0 Å². The molecule has 1 amide bonds. The van der Waals surface area contributed by atoms with E-state index in [0.717, 1.165) is 5.56 Å². The van der Waals surface area contributed by atoms with Gasteiger partial charge in [0, 0.05) is 30.0 Å². The summed E-state index contributed by atoms with van der Waals surface area (Å²) in [6.45, 7) is -3.00. The standard InChI is InChI=1S/C20H18ClF2N3O3/c1-26-10-9-24-18(26)17(12-3-6-14(21)7-4-12)25-19(27)13-5-8-15(29-20(22)23)16(11-13)28-2/h3-11,17,20H,1-2H3,(H,25,27). The van der Waals surface area contributed by atoms with E-state index in [4.69, 9.17) is 16.3 Å². The molecule has 3 aromatic rings. The minimum absolute atomic E-state index is 0.0259. The van der Waals surface area contributed by atoms with E-state index in [1.165, 1.54) is 25.3 Å². The van der Waals surface area contributed by atoms with Crippen LogP contribution >= 0.6 is 11.6 Å². The highest BCUT2D eigenvalue weighted by atomic mass is 35.5. The second-order valence-electron chi connectivity index (χ2n) is 6.10. The Bertz CT molecular complexity index is 993. The summed E-state index contributed by atoms with van der Waals surface area (Å²) in [4.78, 5) is 17.2. The van der Waals surface area contributed by atoms with Crippen LogP contribution in [-0.2, 0) is 7.05 Å². The molecule has 29 heavy (non-hydrogen) atoms. The molecule has 6 nitrogen and oxygen atoms in total. The Kier molecular flexibility index (Phi) is 6.33. The predicted molar refractivity (Wildman–Crippen MR) is 104 cm³/mol. The summed E-state index contributed by atoms with van der Waals surface area (Å²) in [6.07, 6.45) is 3.40. The highest BCUT2D eigenvalue weighted by Gasteiger charge is 2.22. The fourth-order valence-corrected chi connectivity index (χ4v) is 2.95. The average molecular weight is 422 g/mol. The van der Waals surface area contributed by atoms with E-state index in [2.05, 4.69) is 15.0 Å². The number of carbonyl (C=O) groups excluding carboxylic acids is 1. The van der Waals surface area contributed by atoms with Gasteiger partial charge in [0.05, 0.1) is 7.11 Å². The summed E-state index contributed by atoms with van der Waals surface area (Å²) in [5.41, 5.74) is 0.998. The summed E-state index contributed by atoms with van der Waals surface area (Å²) in [5.74, 6) is 0.0514. The molecule has 0 radical (unpaired) electrons. The van der Waals surface area contributed by atoms with Gasteiger partial charge in [0.25, 0.3) is 5.91 Å². The molecule has 0 saturated heterocycles. The van der Waals surface area contributed by atoms with Crippen molar-refractivity contribution in [3.8, 4) is 11.5 Å². The number of hydrogen-bond donors (Lipinski definition) is 1. The molecule has 1 unspecified atom stereocenters. The lowest BCUT2D eigenvalue weighted by Gasteiger charge is -2.20. The maximum Gasteiger partial charge on any atom is 0.387 e. The van der Waals surface area contributed by atoms with Crippen molar-refractivity contribution in [2.45, 2.75) is 12.7 Å². The fraction of sp³-hybridized carbons (Fsp3) is 0.200. The van der Waals surface area contributed by atoms with Crippen molar-refractivity contribution in [2.24, 2.45) is 7.05 Å². The summed E-state index contributed by atoms with van der Waals surface area (Å²) < 4.78 is 36.3. The van der Waals surface area contributed by atoms with Crippen molar-refractivity contribution in [3.63, 3.8) is 0 Å². The number of nitrogens with zero attached hydrogens (tertiary/aromatic N) is 2. The highest BCUT2D eigenvalue weighted by Crippen LogP contribution is 2.30. The first-order chi connectivity index (χ1) is 13.9. The number of ether oxygens (including phenoxy) is 2. The Morgan fingerprint density at radius 2 is 1.90 bits per heavy atom. The van der Waals surface area contributed by atoms with Crippen molar-refractivity contribution in [1.29, 1.82) is 0 Å². The van der Waals surface area contributed by atoms with E-state index < -0.39 is 18.6 Å². The minimum Gasteiger partial charge on any atom is -0.493 e. The molecule has 1 heterocycles. The molecule has 2 aromatic carbocycles. The molecule has 0 aliphatic carbocycles. The number of amides is 1. The van der Waals surface area contributed by atoms with Crippen LogP contribution in [0.1, 0.15) is 27.8 Å². The van der Waals surface area contributed by atoms with E-state index in [0.29, 0.717) is 10.8 Å². The van der Waals surface area contributed by atoms with Crippen molar-refractivity contribution >= 4 is 17.5 Å². The van der Waals surface area contributed by atoms with Gasteiger partial charge in [-0.05, 0) is 35.9 Å². The number of rotatable bonds is 7. The Hall–Kier alpha value is -3.13. The van der Waals surface area contributed by atoms with Crippen LogP contribution in [0.3, 0.4) is 0 Å². The molecular formula is C20H18ClF2N3O3. The highest BCUT2D eigenvalue weighted by molar-refractivity contribution is 6.30. The number of aromatic nitrogens is 2. The maximum atomic E-state index is 12.9. The van der Waals surface area contributed by atoms with E-state index in [9.17, 15) is 13.6 Å². The lowest BCUT2D eigenvalue weighted by Crippen LogP contribution is -2.31. The van der Waals surface area contributed by atoms with E-state index in [-0.39, 0.29) is 17.1 Å². The third-order valence-corrected chi connectivity index (χ3v) is 4.49. The van der Waals surface area contributed by atoms with E-state index >= 15 is 0 Å². The second-order valence-corrected chi connectivity index (χ2v) is 6.53. The molecule has 3 rings (SSSR count). The van der Waals surface area contributed by atoms with Crippen molar-refractivity contribution in [3.05, 3.63) is 76.8 Å². The lowest BCUT2D eigenvalue weighted by molar-refractivity contribution is -0.0512. The Morgan fingerprint density at radius 3 is 2.48 bits per heavy atom. The first kappa shape index (κ1) is 20.6. The largest absolute Gasteiger partial charge is 0.493 e. The van der Waals surface area contributed by atoms with Gasteiger partial charge in [0.2, 0.25) is 0 Å². The number of alkyl halides is 2. The van der Waals surface area contributed by atoms with Gasteiger partial charge in [0.1, 0.15) is 11.9 Å². The van der Waals surface area contributed by atoms with Gasteiger partial charge in [-0.3, -0.25) is 4.79 Å². The van der Waals surface area contributed by atoms with Crippen LogP contribution in [0.5, 0.6) is 11.5 Å². The van der Waals surface area contributed by atoms with E-state index in [1.807, 2.05) is 7.05 Å². The molecule has 0 saturated carbocycles. The first-order valence-electron chi connectivity index (χ1n) is 8.55. The van der Waals surface area contributed by atoms with Crippen LogP contribution in [0, 0.1) is 0 Å². The van der Waals surface area contributed by atoms with Gasteiger partial charge in [0.15, 0.2) is 11.5 Å². The van der Waals surface area contributed by atoms with Crippen molar-refractivity contribution in [2.75, 3.05) is 7.11 Å². The molecule has 1 N–H and O–H groups in total. The molecule has 0 aliphatic heterocycles. The second kappa shape index (κ2) is 8.91. The van der Waals surface area contributed by atoms with Gasteiger partial charge in [-0.2, -0.15) is 8.78 Å². The number of halogens is 3. The summed E-state index contributed by atoms with van der Waals surface area (Å²) >= 11 is 5.97. The molecule has 9 heteroatoms. The molecule has 0 spiro atoms. The summed E-state index contributed by atoms with van der Waals surface area (Å²) in [6, 6.07) is 10.5.